The molecule has 0 aliphatic heterocycles. The Balaban J connectivity index is 1.77. The van der Waals surface area contributed by atoms with Crippen LogP contribution in [0.25, 0.3) is 10.6 Å². The average molecular weight is 424 g/mol. The summed E-state index contributed by atoms with van der Waals surface area (Å²) < 4.78 is 28.2. The van der Waals surface area contributed by atoms with Crippen LogP contribution in [0.5, 0.6) is 0 Å². The summed E-state index contributed by atoms with van der Waals surface area (Å²) in [4.78, 5) is 9.71. The minimum atomic E-state index is -3.55. The van der Waals surface area contributed by atoms with E-state index in [0.717, 1.165) is 25.6 Å². The molecule has 0 aliphatic rings. The molecule has 0 bridgehead atoms. The largest absolute Gasteiger partial charge is 0.264 e. The summed E-state index contributed by atoms with van der Waals surface area (Å²) >= 11 is 4.76. The Hall–Kier alpha value is -1.61. The maximum Gasteiger partial charge on any atom is 0.240 e. The first-order chi connectivity index (χ1) is 11.5. The molecule has 0 unspecified atom stereocenters. The van der Waals surface area contributed by atoms with Crippen molar-refractivity contribution in [1.82, 2.24) is 14.7 Å². The molecule has 0 aliphatic carbocycles. The Morgan fingerprint density at radius 1 is 1.21 bits per heavy atom. The molecule has 0 radical (unpaired) electrons. The van der Waals surface area contributed by atoms with Gasteiger partial charge >= 0.3 is 0 Å². The summed E-state index contributed by atoms with van der Waals surface area (Å²) in [6, 6.07) is 10.3. The minimum Gasteiger partial charge on any atom is -0.264 e. The van der Waals surface area contributed by atoms with Crippen LogP contribution in [0.3, 0.4) is 0 Å². The molecule has 3 aromatic rings. The molecule has 0 fully saturated rings. The van der Waals surface area contributed by atoms with Gasteiger partial charge in [0.05, 0.1) is 10.6 Å². The summed E-state index contributed by atoms with van der Waals surface area (Å²) in [6.45, 7) is 2.09. The lowest BCUT2D eigenvalue weighted by Gasteiger charge is -2.06. The number of benzene rings is 1. The summed E-state index contributed by atoms with van der Waals surface area (Å²) in [6.07, 6.45) is 3.45. The second kappa shape index (κ2) is 7.10. The fraction of sp³-hybridized carbons (Fsp3) is 0.125. The Morgan fingerprint density at radius 2 is 1.96 bits per heavy atom. The molecule has 124 valence electrons. The molecular formula is C16H14BrN3O2S2. The zero-order valence-corrected chi connectivity index (χ0v) is 16.0. The standard InChI is InChI=1S/C16H14BrN3O2S2/c1-11-15(23-16(20-11)12-3-2-8-18-9-12)10-19-24(21,22)14-6-4-13(17)5-7-14/h2-9,19H,10H2,1H3. The summed E-state index contributed by atoms with van der Waals surface area (Å²) in [5.41, 5.74) is 1.74. The van der Waals surface area contributed by atoms with Gasteiger partial charge in [-0.1, -0.05) is 15.9 Å². The fourth-order valence-electron chi connectivity index (χ4n) is 2.06. The number of hydrogen-bond acceptors (Lipinski definition) is 5. The second-order valence-corrected chi connectivity index (χ2v) is 8.81. The second-order valence-electron chi connectivity index (χ2n) is 5.05. The van der Waals surface area contributed by atoms with E-state index in [1.165, 1.54) is 11.3 Å². The third-order valence-corrected chi connectivity index (χ3v) is 6.50. The first-order valence-electron chi connectivity index (χ1n) is 7.07. The number of hydrogen-bond donors (Lipinski definition) is 1. The van der Waals surface area contributed by atoms with Crippen molar-refractivity contribution in [2.24, 2.45) is 0 Å². The van der Waals surface area contributed by atoms with Crippen molar-refractivity contribution in [2.45, 2.75) is 18.4 Å². The Kier molecular flexibility index (Phi) is 5.09. The molecule has 2 heterocycles. The lowest BCUT2D eigenvalue weighted by atomic mass is 10.3. The molecule has 2 aromatic heterocycles. The molecular weight excluding hydrogens is 410 g/mol. The number of thiazole rings is 1. The van der Waals surface area contributed by atoms with Crippen molar-refractivity contribution >= 4 is 37.3 Å². The number of halogens is 1. The first-order valence-corrected chi connectivity index (χ1v) is 10.2. The van der Waals surface area contributed by atoms with Crippen LogP contribution in [0.1, 0.15) is 10.6 Å². The molecule has 24 heavy (non-hydrogen) atoms. The molecule has 0 amide bonds. The van der Waals surface area contributed by atoms with E-state index < -0.39 is 10.0 Å². The van der Waals surface area contributed by atoms with Crippen LogP contribution in [0.2, 0.25) is 0 Å². The van der Waals surface area contributed by atoms with Crippen LogP contribution in [0.4, 0.5) is 0 Å². The van der Waals surface area contributed by atoms with Crippen molar-refractivity contribution in [3.63, 3.8) is 0 Å². The molecule has 8 heteroatoms. The minimum absolute atomic E-state index is 0.210. The number of sulfonamides is 1. The van der Waals surface area contributed by atoms with Gasteiger partial charge in [-0.3, -0.25) is 4.98 Å². The average Bonchev–Trinajstić information content (AvgIpc) is 2.95. The zero-order valence-electron chi connectivity index (χ0n) is 12.7. The molecule has 0 atom stereocenters. The number of aromatic nitrogens is 2. The Morgan fingerprint density at radius 3 is 2.62 bits per heavy atom. The highest BCUT2D eigenvalue weighted by Gasteiger charge is 2.16. The van der Waals surface area contributed by atoms with Crippen LogP contribution in [-0.2, 0) is 16.6 Å². The van der Waals surface area contributed by atoms with Crippen molar-refractivity contribution in [2.75, 3.05) is 0 Å². The molecule has 1 N–H and O–H groups in total. The molecule has 0 saturated heterocycles. The normalized spacial score (nSPS) is 11.6. The van der Waals surface area contributed by atoms with E-state index in [2.05, 4.69) is 30.6 Å². The number of rotatable bonds is 5. The first kappa shape index (κ1) is 17.2. The van der Waals surface area contributed by atoms with Crippen molar-refractivity contribution in [3.8, 4) is 10.6 Å². The van der Waals surface area contributed by atoms with Crippen LogP contribution in [-0.4, -0.2) is 18.4 Å². The van der Waals surface area contributed by atoms with E-state index in [1.54, 1.807) is 36.7 Å². The number of pyridine rings is 1. The fourth-order valence-corrected chi connectivity index (χ4v) is 4.41. The van der Waals surface area contributed by atoms with Crippen LogP contribution in [0, 0.1) is 6.92 Å². The van der Waals surface area contributed by atoms with Gasteiger partial charge in [0.15, 0.2) is 0 Å². The highest BCUT2D eigenvalue weighted by molar-refractivity contribution is 9.10. The van der Waals surface area contributed by atoms with Gasteiger partial charge in [0.25, 0.3) is 0 Å². The third kappa shape index (κ3) is 3.89. The highest BCUT2D eigenvalue weighted by atomic mass is 79.9. The van der Waals surface area contributed by atoms with Crippen molar-refractivity contribution < 1.29 is 8.42 Å². The highest BCUT2D eigenvalue weighted by Crippen LogP contribution is 2.27. The van der Waals surface area contributed by atoms with Gasteiger partial charge in [0, 0.05) is 33.9 Å². The topological polar surface area (TPSA) is 72.0 Å². The van der Waals surface area contributed by atoms with Crippen LogP contribution < -0.4 is 4.72 Å². The maximum atomic E-state index is 12.4. The predicted octanol–water partition coefficient (Wildman–Crippen LogP) is 3.75. The van der Waals surface area contributed by atoms with Crippen LogP contribution in [0.15, 0.2) is 58.2 Å². The van der Waals surface area contributed by atoms with Gasteiger partial charge in [0.1, 0.15) is 5.01 Å². The maximum absolute atomic E-state index is 12.4. The quantitative estimate of drug-likeness (QED) is 0.677. The van der Waals surface area contributed by atoms with Crippen molar-refractivity contribution in [3.05, 3.63) is 63.8 Å². The van der Waals surface area contributed by atoms with Gasteiger partial charge in [-0.25, -0.2) is 18.1 Å². The van der Waals surface area contributed by atoms with E-state index in [-0.39, 0.29) is 11.4 Å². The number of nitrogens with one attached hydrogen (secondary N) is 1. The van der Waals surface area contributed by atoms with E-state index in [1.807, 2.05) is 19.1 Å². The summed E-state index contributed by atoms with van der Waals surface area (Å²) in [5, 5.41) is 0.832. The van der Waals surface area contributed by atoms with Gasteiger partial charge in [-0.2, -0.15) is 0 Å². The predicted molar refractivity (Wildman–Crippen MR) is 98.2 cm³/mol. The SMILES string of the molecule is Cc1nc(-c2cccnc2)sc1CNS(=O)(=O)c1ccc(Br)cc1. The lowest BCUT2D eigenvalue weighted by molar-refractivity contribution is 0.581. The molecule has 0 saturated carbocycles. The lowest BCUT2D eigenvalue weighted by Crippen LogP contribution is -2.23. The van der Waals surface area contributed by atoms with Gasteiger partial charge in [0.2, 0.25) is 10.0 Å². The number of nitrogens with zero attached hydrogens (tertiary/aromatic N) is 2. The monoisotopic (exact) mass is 423 g/mol. The van der Waals surface area contributed by atoms with E-state index in [4.69, 9.17) is 0 Å². The smallest absolute Gasteiger partial charge is 0.240 e. The molecule has 1 aromatic carbocycles. The summed E-state index contributed by atoms with van der Waals surface area (Å²) in [7, 11) is -3.55. The van der Waals surface area contributed by atoms with Crippen LogP contribution >= 0.6 is 27.3 Å². The summed E-state index contributed by atoms with van der Waals surface area (Å²) in [5.74, 6) is 0. The van der Waals surface area contributed by atoms with Gasteiger partial charge < -0.3 is 0 Å². The zero-order chi connectivity index (χ0) is 17.2. The number of aryl methyl sites for hydroxylation is 1. The van der Waals surface area contributed by atoms with Gasteiger partial charge in [-0.15, -0.1) is 11.3 Å². The third-order valence-electron chi connectivity index (χ3n) is 3.35. The molecule has 0 spiro atoms. The Labute approximate surface area is 153 Å². The molecule has 3 rings (SSSR count). The Bertz CT molecular complexity index is 939. The molecule has 5 nitrogen and oxygen atoms in total. The van der Waals surface area contributed by atoms with Gasteiger partial charge in [-0.05, 0) is 43.3 Å². The van der Waals surface area contributed by atoms with E-state index >= 15 is 0 Å². The van der Waals surface area contributed by atoms with E-state index in [0.29, 0.717) is 0 Å². The van der Waals surface area contributed by atoms with Crippen molar-refractivity contribution in [1.29, 1.82) is 0 Å². The van der Waals surface area contributed by atoms with E-state index in [9.17, 15) is 8.42 Å².